The van der Waals surface area contributed by atoms with Crippen molar-refractivity contribution in [2.75, 3.05) is 6.61 Å². The third kappa shape index (κ3) is 2.89. The summed E-state index contributed by atoms with van der Waals surface area (Å²) in [7, 11) is 0. The van der Waals surface area contributed by atoms with Crippen LogP contribution >= 0.6 is 15.9 Å². The van der Waals surface area contributed by atoms with Crippen molar-refractivity contribution in [1.29, 1.82) is 0 Å². The standard InChI is InChI=1S/C15H15BrN4O2/c1-11-17-5-8-19(11)6-3-9-22-15(21)12-4-2-7-20-13(16)10-18-14(12)20/h2,4-5,7-8,10H,3,6,9H2,1H3. The van der Waals surface area contributed by atoms with E-state index in [1.54, 1.807) is 28.9 Å². The van der Waals surface area contributed by atoms with Crippen LogP contribution in [0.3, 0.4) is 0 Å². The summed E-state index contributed by atoms with van der Waals surface area (Å²) < 4.78 is 9.97. The smallest absolute Gasteiger partial charge is 0.341 e. The van der Waals surface area contributed by atoms with Crippen LogP contribution in [0.4, 0.5) is 0 Å². The first-order valence-electron chi connectivity index (χ1n) is 6.93. The van der Waals surface area contributed by atoms with E-state index in [0.29, 0.717) is 17.8 Å². The average Bonchev–Trinajstić information content (AvgIpc) is 3.10. The SMILES string of the molecule is Cc1nccn1CCCOC(=O)c1cccn2c(Br)cnc12. The molecule has 114 valence electrons. The third-order valence-corrected chi connectivity index (χ3v) is 4.00. The number of aromatic nitrogens is 4. The van der Waals surface area contributed by atoms with Gasteiger partial charge in [0.1, 0.15) is 16.0 Å². The summed E-state index contributed by atoms with van der Waals surface area (Å²) in [5.41, 5.74) is 1.05. The van der Waals surface area contributed by atoms with Crippen LogP contribution in [0.25, 0.3) is 5.65 Å². The van der Waals surface area contributed by atoms with Gasteiger partial charge in [-0.3, -0.25) is 4.40 Å². The van der Waals surface area contributed by atoms with Crippen molar-refractivity contribution in [2.24, 2.45) is 0 Å². The molecule has 0 N–H and O–H groups in total. The Kier molecular flexibility index (Phi) is 4.24. The Morgan fingerprint density at radius 1 is 1.36 bits per heavy atom. The van der Waals surface area contributed by atoms with Crippen LogP contribution in [-0.4, -0.2) is 31.5 Å². The minimum absolute atomic E-state index is 0.356. The van der Waals surface area contributed by atoms with Gasteiger partial charge < -0.3 is 9.30 Å². The number of carbonyl (C=O) groups is 1. The van der Waals surface area contributed by atoms with Crippen molar-refractivity contribution >= 4 is 27.5 Å². The summed E-state index contributed by atoms with van der Waals surface area (Å²) in [6.45, 7) is 3.08. The topological polar surface area (TPSA) is 61.4 Å². The highest BCUT2D eigenvalue weighted by Gasteiger charge is 2.14. The molecular formula is C15H15BrN4O2. The molecule has 0 aliphatic heterocycles. The molecule has 0 aromatic carbocycles. The normalized spacial score (nSPS) is 11.0. The average molecular weight is 363 g/mol. The van der Waals surface area contributed by atoms with E-state index in [2.05, 4.69) is 25.9 Å². The lowest BCUT2D eigenvalue weighted by Gasteiger charge is -2.07. The van der Waals surface area contributed by atoms with Gasteiger partial charge in [-0.2, -0.15) is 0 Å². The molecule has 3 heterocycles. The maximum atomic E-state index is 12.2. The van der Waals surface area contributed by atoms with Crippen molar-refractivity contribution < 1.29 is 9.53 Å². The molecular weight excluding hydrogens is 348 g/mol. The van der Waals surface area contributed by atoms with Crippen molar-refractivity contribution in [2.45, 2.75) is 19.9 Å². The second-order valence-electron chi connectivity index (χ2n) is 4.85. The van der Waals surface area contributed by atoms with E-state index >= 15 is 0 Å². The zero-order valence-corrected chi connectivity index (χ0v) is 13.7. The van der Waals surface area contributed by atoms with Gasteiger partial charge in [-0.25, -0.2) is 14.8 Å². The molecule has 3 aromatic heterocycles. The van der Waals surface area contributed by atoms with Gasteiger partial charge in [-0.15, -0.1) is 0 Å². The number of nitrogens with zero attached hydrogens (tertiary/aromatic N) is 4. The van der Waals surface area contributed by atoms with Gasteiger partial charge in [0, 0.05) is 25.1 Å². The fourth-order valence-corrected chi connectivity index (χ4v) is 2.65. The minimum atomic E-state index is -0.356. The Hall–Kier alpha value is -2.15. The molecule has 0 atom stereocenters. The summed E-state index contributed by atoms with van der Waals surface area (Å²) in [6.07, 6.45) is 7.92. The van der Waals surface area contributed by atoms with E-state index in [9.17, 15) is 4.79 Å². The number of hydrogen-bond acceptors (Lipinski definition) is 4. The predicted molar refractivity (Wildman–Crippen MR) is 84.8 cm³/mol. The minimum Gasteiger partial charge on any atom is -0.462 e. The monoisotopic (exact) mass is 362 g/mol. The summed E-state index contributed by atoms with van der Waals surface area (Å²) >= 11 is 3.38. The molecule has 3 rings (SSSR count). The molecule has 0 fully saturated rings. The zero-order chi connectivity index (χ0) is 15.5. The second kappa shape index (κ2) is 6.31. The number of aryl methyl sites for hydroxylation is 2. The van der Waals surface area contributed by atoms with E-state index < -0.39 is 0 Å². The Morgan fingerprint density at radius 3 is 3.00 bits per heavy atom. The maximum Gasteiger partial charge on any atom is 0.341 e. The number of fused-ring (bicyclic) bond motifs is 1. The summed E-state index contributed by atoms with van der Waals surface area (Å²) in [4.78, 5) is 20.6. The van der Waals surface area contributed by atoms with Gasteiger partial charge >= 0.3 is 5.97 Å². The highest BCUT2D eigenvalue weighted by atomic mass is 79.9. The summed E-state index contributed by atoms with van der Waals surface area (Å²) in [5, 5.41) is 0. The van der Waals surface area contributed by atoms with Crippen LogP contribution in [-0.2, 0) is 11.3 Å². The number of ether oxygens (including phenoxy) is 1. The molecule has 0 unspecified atom stereocenters. The molecule has 0 aliphatic rings. The van der Waals surface area contributed by atoms with Crippen LogP contribution < -0.4 is 0 Å². The van der Waals surface area contributed by atoms with E-state index in [-0.39, 0.29) is 5.97 Å². The van der Waals surface area contributed by atoms with Crippen LogP contribution in [0.5, 0.6) is 0 Å². The number of imidazole rings is 2. The molecule has 0 saturated heterocycles. The fraction of sp³-hybridized carbons (Fsp3) is 0.267. The third-order valence-electron chi connectivity index (χ3n) is 3.41. The Labute approximate surface area is 135 Å². The molecule has 0 amide bonds. The van der Waals surface area contributed by atoms with Crippen molar-refractivity contribution in [3.63, 3.8) is 0 Å². The molecule has 3 aromatic rings. The number of halogens is 1. The molecule has 0 spiro atoms. The molecule has 0 aliphatic carbocycles. The molecule has 7 heteroatoms. The van der Waals surface area contributed by atoms with E-state index in [1.165, 1.54) is 0 Å². The largest absolute Gasteiger partial charge is 0.462 e. The Morgan fingerprint density at radius 2 is 2.23 bits per heavy atom. The first-order valence-corrected chi connectivity index (χ1v) is 7.72. The van der Waals surface area contributed by atoms with Crippen molar-refractivity contribution in [3.8, 4) is 0 Å². The lowest BCUT2D eigenvalue weighted by atomic mass is 10.3. The fourth-order valence-electron chi connectivity index (χ4n) is 2.26. The first-order chi connectivity index (χ1) is 10.7. The number of hydrogen-bond donors (Lipinski definition) is 0. The van der Waals surface area contributed by atoms with Gasteiger partial charge in [0.15, 0.2) is 5.65 Å². The molecule has 6 nitrogen and oxygen atoms in total. The summed E-state index contributed by atoms with van der Waals surface area (Å²) in [6, 6.07) is 3.52. The maximum absolute atomic E-state index is 12.2. The Bertz CT molecular complexity index is 809. The highest BCUT2D eigenvalue weighted by molar-refractivity contribution is 9.10. The predicted octanol–water partition coefficient (Wildman–Crippen LogP) is 2.85. The van der Waals surface area contributed by atoms with E-state index in [0.717, 1.165) is 23.4 Å². The van der Waals surface area contributed by atoms with Crippen LogP contribution in [0.15, 0.2) is 41.5 Å². The van der Waals surface area contributed by atoms with Gasteiger partial charge in [0.05, 0.1) is 12.8 Å². The first kappa shape index (κ1) is 14.8. The van der Waals surface area contributed by atoms with E-state index in [1.807, 2.05) is 23.9 Å². The van der Waals surface area contributed by atoms with Gasteiger partial charge in [-0.05, 0) is 41.4 Å². The van der Waals surface area contributed by atoms with Crippen molar-refractivity contribution in [1.82, 2.24) is 18.9 Å². The molecule has 0 saturated carbocycles. The van der Waals surface area contributed by atoms with Gasteiger partial charge in [0.25, 0.3) is 0 Å². The zero-order valence-electron chi connectivity index (χ0n) is 12.1. The Balaban J connectivity index is 1.61. The van der Waals surface area contributed by atoms with Crippen LogP contribution in [0.2, 0.25) is 0 Å². The van der Waals surface area contributed by atoms with Crippen LogP contribution in [0, 0.1) is 6.92 Å². The molecule has 22 heavy (non-hydrogen) atoms. The lowest BCUT2D eigenvalue weighted by Crippen LogP contribution is -2.10. The van der Waals surface area contributed by atoms with E-state index in [4.69, 9.17) is 4.74 Å². The number of esters is 1. The number of rotatable bonds is 5. The summed E-state index contributed by atoms with van der Waals surface area (Å²) in [5.74, 6) is 0.601. The highest BCUT2D eigenvalue weighted by Crippen LogP contribution is 2.17. The molecule has 0 radical (unpaired) electrons. The second-order valence-corrected chi connectivity index (χ2v) is 5.67. The van der Waals surface area contributed by atoms with Gasteiger partial charge in [0.2, 0.25) is 0 Å². The lowest BCUT2D eigenvalue weighted by molar-refractivity contribution is 0.0497. The molecule has 0 bridgehead atoms. The van der Waals surface area contributed by atoms with Crippen molar-refractivity contribution in [3.05, 3.63) is 52.9 Å². The number of carbonyl (C=O) groups excluding carboxylic acids is 1. The van der Waals surface area contributed by atoms with Crippen LogP contribution in [0.1, 0.15) is 22.6 Å². The van der Waals surface area contributed by atoms with Gasteiger partial charge in [-0.1, -0.05) is 0 Å². The quantitative estimate of drug-likeness (QED) is 0.517. The number of pyridine rings is 1.